The molecule has 0 aromatic heterocycles. The smallest absolute Gasteiger partial charge is 0.222 e. The summed E-state index contributed by atoms with van der Waals surface area (Å²) in [6.45, 7) is 0. The lowest BCUT2D eigenvalue weighted by molar-refractivity contribution is -0.132. The second-order valence-corrected chi connectivity index (χ2v) is 5.64. The van der Waals surface area contributed by atoms with Gasteiger partial charge in [-0.15, -0.1) is 11.6 Å². The monoisotopic (exact) mass is 279 g/mol. The molecule has 0 saturated carbocycles. The van der Waals surface area contributed by atoms with E-state index in [9.17, 15) is 4.79 Å². The van der Waals surface area contributed by atoms with Gasteiger partial charge in [-0.1, -0.05) is 24.3 Å². The van der Waals surface area contributed by atoms with E-state index in [0.29, 0.717) is 12.3 Å². The summed E-state index contributed by atoms with van der Waals surface area (Å²) in [6, 6.07) is 8.77. The van der Waals surface area contributed by atoms with E-state index in [0.717, 1.165) is 25.7 Å². The van der Waals surface area contributed by atoms with Gasteiger partial charge in [0.15, 0.2) is 0 Å². The lowest BCUT2D eigenvalue weighted by Crippen LogP contribution is -2.33. The fourth-order valence-corrected chi connectivity index (χ4v) is 3.04. The highest BCUT2D eigenvalue weighted by atomic mass is 35.5. The number of benzene rings is 1. The quantitative estimate of drug-likeness (QED) is 0.591. The van der Waals surface area contributed by atoms with Crippen LogP contribution < -0.4 is 0 Å². The summed E-state index contributed by atoms with van der Waals surface area (Å²) in [5.41, 5.74) is 2.74. The highest BCUT2D eigenvalue weighted by Gasteiger charge is 2.25. The Labute approximate surface area is 120 Å². The van der Waals surface area contributed by atoms with Crippen molar-refractivity contribution in [3.63, 3.8) is 0 Å². The van der Waals surface area contributed by atoms with Gasteiger partial charge in [-0.25, -0.2) is 0 Å². The molecule has 19 heavy (non-hydrogen) atoms. The molecule has 0 N–H and O–H groups in total. The van der Waals surface area contributed by atoms with Crippen molar-refractivity contribution < 1.29 is 4.79 Å². The van der Waals surface area contributed by atoms with E-state index < -0.39 is 0 Å². The van der Waals surface area contributed by atoms with E-state index in [1.807, 2.05) is 11.9 Å². The second kappa shape index (κ2) is 6.95. The van der Waals surface area contributed by atoms with E-state index in [1.54, 1.807) is 0 Å². The van der Waals surface area contributed by atoms with Gasteiger partial charge in [0.2, 0.25) is 5.91 Å². The van der Waals surface area contributed by atoms with Crippen LogP contribution in [0.3, 0.4) is 0 Å². The number of unbranched alkanes of at least 4 members (excludes halogenated alkanes) is 1. The maximum atomic E-state index is 12.2. The highest BCUT2D eigenvalue weighted by Crippen LogP contribution is 2.33. The first-order chi connectivity index (χ1) is 9.24. The minimum Gasteiger partial charge on any atom is -0.339 e. The molecule has 104 valence electrons. The van der Waals surface area contributed by atoms with Crippen molar-refractivity contribution in [2.45, 2.75) is 44.6 Å². The number of carbonyl (C=O) groups is 1. The van der Waals surface area contributed by atoms with Gasteiger partial charge in [0.1, 0.15) is 0 Å². The predicted molar refractivity (Wildman–Crippen MR) is 79.5 cm³/mol. The van der Waals surface area contributed by atoms with Gasteiger partial charge in [0.05, 0.1) is 6.04 Å². The van der Waals surface area contributed by atoms with Crippen LogP contribution in [0.4, 0.5) is 0 Å². The maximum Gasteiger partial charge on any atom is 0.222 e. The van der Waals surface area contributed by atoms with Crippen LogP contribution in [0.15, 0.2) is 24.3 Å². The minimum atomic E-state index is 0.242. The highest BCUT2D eigenvalue weighted by molar-refractivity contribution is 6.17. The van der Waals surface area contributed by atoms with Gasteiger partial charge in [0.25, 0.3) is 0 Å². The van der Waals surface area contributed by atoms with Crippen LogP contribution in [0, 0.1) is 0 Å². The first-order valence-electron chi connectivity index (χ1n) is 7.13. The molecule has 1 aromatic carbocycles. The Bertz CT molecular complexity index is 433. The maximum absolute atomic E-state index is 12.2. The fourth-order valence-electron chi connectivity index (χ4n) is 2.85. The molecule has 1 aliphatic rings. The summed E-state index contributed by atoms with van der Waals surface area (Å²) in [5, 5.41) is 0. The lowest BCUT2D eigenvalue weighted by atomic mass is 9.87. The van der Waals surface area contributed by atoms with Gasteiger partial charge >= 0.3 is 0 Å². The number of hydrogen-bond donors (Lipinski definition) is 0. The molecule has 0 spiro atoms. The lowest BCUT2D eigenvalue weighted by Gasteiger charge is -2.33. The second-order valence-electron chi connectivity index (χ2n) is 5.26. The molecule has 0 aliphatic heterocycles. The van der Waals surface area contributed by atoms with E-state index in [1.165, 1.54) is 17.5 Å². The van der Waals surface area contributed by atoms with Crippen LogP contribution in [-0.4, -0.2) is 23.7 Å². The van der Waals surface area contributed by atoms with Crippen molar-refractivity contribution in [2.24, 2.45) is 0 Å². The Morgan fingerprint density at radius 2 is 2.16 bits per heavy atom. The number of alkyl halides is 1. The Kier molecular flexibility index (Phi) is 5.26. The van der Waals surface area contributed by atoms with E-state index in [4.69, 9.17) is 11.6 Å². The van der Waals surface area contributed by atoms with E-state index in [2.05, 4.69) is 24.3 Å². The van der Waals surface area contributed by atoms with Gasteiger partial charge in [-0.2, -0.15) is 0 Å². The molecule has 1 aliphatic carbocycles. The van der Waals surface area contributed by atoms with Gasteiger partial charge < -0.3 is 4.90 Å². The van der Waals surface area contributed by atoms with Gasteiger partial charge in [-0.05, 0) is 43.2 Å². The molecular weight excluding hydrogens is 258 g/mol. The van der Waals surface area contributed by atoms with Crippen molar-refractivity contribution in [1.29, 1.82) is 0 Å². The molecule has 3 heteroatoms. The van der Waals surface area contributed by atoms with Crippen molar-refractivity contribution in [3.8, 4) is 0 Å². The van der Waals surface area contributed by atoms with Crippen molar-refractivity contribution in [1.82, 2.24) is 4.90 Å². The predicted octanol–water partition coefficient (Wildman–Crippen LogP) is 3.93. The molecule has 0 fully saturated rings. The number of fused-ring (bicyclic) bond motifs is 1. The molecule has 1 atom stereocenters. The number of rotatable bonds is 5. The van der Waals surface area contributed by atoms with Gasteiger partial charge in [-0.3, -0.25) is 4.79 Å². The number of aryl methyl sites for hydroxylation is 1. The molecule has 0 saturated heterocycles. The van der Waals surface area contributed by atoms with Crippen molar-refractivity contribution in [2.75, 3.05) is 12.9 Å². The molecular formula is C16H22ClNO. The molecule has 1 aromatic rings. The largest absolute Gasteiger partial charge is 0.339 e. The van der Waals surface area contributed by atoms with E-state index in [-0.39, 0.29) is 11.9 Å². The van der Waals surface area contributed by atoms with Crippen LogP contribution >= 0.6 is 11.6 Å². The summed E-state index contributed by atoms with van der Waals surface area (Å²) < 4.78 is 0. The Balaban J connectivity index is 2.04. The van der Waals surface area contributed by atoms with Crippen molar-refractivity contribution >= 4 is 17.5 Å². The number of amides is 1. The fraction of sp³-hybridized carbons (Fsp3) is 0.562. The summed E-state index contributed by atoms with van der Waals surface area (Å²) in [6.07, 6.45) is 5.81. The molecule has 2 nitrogen and oxygen atoms in total. The minimum absolute atomic E-state index is 0.242. The summed E-state index contributed by atoms with van der Waals surface area (Å²) in [7, 11) is 1.94. The average molecular weight is 280 g/mol. The van der Waals surface area contributed by atoms with Crippen LogP contribution in [0.1, 0.15) is 49.3 Å². The zero-order chi connectivity index (χ0) is 13.7. The van der Waals surface area contributed by atoms with Gasteiger partial charge in [0, 0.05) is 19.3 Å². The molecule has 1 amide bonds. The third-order valence-corrected chi connectivity index (χ3v) is 4.24. The van der Waals surface area contributed by atoms with Crippen LogP contribution in [-0.2, 0) is 11.2 Å². The summed E-state index contributed by atoms with van der Waals surface area (Å²) in [5.74, 6) is 0.885. The molecule has 1 unspecified atom stereocenters. The number of halogens is 1. The number of hydrogen-bond acceptors (Lipinski definition) is 1. The van der Waals surface area contributed by atoms with Crippen LogP contribution in [0.5, 0.6) is 0 Å². The normalized spacial score (nSPS) is 17.9. The standard InChI is InChI=1S/C16H22ClNO/c1-18(16(19)11-4-5-12-17)15-10-6-8-13-7-2-3-9-14(13)15/h2-3,7,9,15H,4-6,8,10-12H2,1H3. The first-order valence-corrected chi connectivity index (χ1v) is 7.67. The zero-order valence-corrected chi connectivity index (χ0v) is 12.3. The molecule has 0 heterocycles. The molecule has 0 bridgehead atoms. The number of nitrogens with zero attached hydrogens (tertiary/aromatic N) is 1. The Hall–Kier alpha value is -1.02. The van der Waals surface area contributed by atoms with Crippen LogP contribution in [0.2, 0.25) is 0 Å². The Morgan fingerprint density at radius 3 is 2.95 bits per heavy atom. The third-order valence-electron chi connectivity index (χ3n) is 3.97. The van der Waals surface area contributed by atoms with Crippen LogP contribution in [0.25, 0.3) is 0 Å². The van der Waals surface area contributed by atoms with Crippen molar-refractivity contribution in [3.05, 3.63) is 35.4 Å². The topological polar surface area (TPSA) is 20.3 Å². The average Bonchev–Trinajstić information content (AvgIpc) is 2.46. The third kappa shape index (κ3) is 3.50. The number of carbonyl (C=O) groups excluding carboxylic acids is 1. The summed E-state index contributed by atoms with van der Waals surface area (Å²) in [4.78, 5) is 14.1. The molecule has 0 radical (unpaired) electrons. The Morgan fingerprint density at radius 1 is 1.37 bits per heavy atom. The first kappa shape index (κ1) is 14.4. The SMILES string of the molecule is CN(C(=O)CCCCCl)C1CCCc2ccccc21. The summed E-state index contributed by atoms with van der Waals surface area (Å²) >= 11 is 5.66. The van der Waals surface area contributed by atoms with E-state index >= 15 is 0 Å². The molecule has 2 rings (SSSR count). The zero-order valence-electron chi connectivity index (χ0n) is 11.6.